The minimum Gasteiger partial charge on any atom is -0.392 e. The molecule has 0 spiro atoms. The molecule has 4 heteroatoms. The van der Waals surface area contributed by atoms with Crippen molar-refractivity contribution in [1.82, 2.24) is 8.78 Å². The average molecular weight is 216 g/mol. The second-order valence-corrected chi connectivity index (χ2v) is 6.59. The number of likely N-dealkylation sites (N-methyl/N-ethyl adjacent to an activating group) is 2. The highest BCUT2D eigenvalue weighted by Crippen LogP contribution is 2.05. The zero-order chi connectivity index (χ0) is 11.2. The first-order valence-corrected chi connectivity index (χ1v) is 6.18. The maximum atomic E-state index is 5.66. The monoisotopic (exact) mass is 216 g/mol. The van der Waals surface area contributed by atoms with E-state index < -0.39 is 0 Å². The molecule has 0 unspecified atom stereocenters. The lowest BCUT2D eigenvalue weighted by molar-refractivity contribution is -0.0108. The SMILES string of the molecule is C[N]([AlH2])CCN(C)CCOC(C)(C)C. The molecule has 0 saturated carbocycles. The summed E-state index contributed by atoms with van der Waals surface area (Å²) in [6, 6.07) is 0. The van der Waals surface area contributed by atoms with Gasteiger partial charge in [0.25, 0.3) is 0 Å². The van der Waals surface area contributed by atoms with Crippen molar-refractivity contribution in [2.75, 3.05) is 40.3 Å². The summed E-state index contributed by atoms with van der Waals surface area (Å²) in [5.41, 5.74) is -0.00466. The second kappa shape index (κ2) is 6.82. The van der Waals surface area contributed by atoms with Crippen LogP contribution in [-0.2, 0) is 4.74 Å². The predicted octanol–water partition coefficient (Wildman–Crippen LogP) is 0.213. The smallest absolute Gasteiger partial charge is 0.321 e. The molecule has 0 bridgehead atoms. The van der Waals surface area contributed by atoms with Crippen LogP contribution in [0.15, 0.2) is 0 Å². The van der Waals surface area contributed by atoms with Gasteiger partial charge in [0.2, 0.25) is 0 Å². The molecule has 14 heavy (non-hydrogen) atoms. The van der Waals surface area contributed by atoms with E-state index in [0.717, 1.165) is 42.8 Å². The molecule has 0 aromatic carbocycles. The van der Waals surface area contributed by atoms with E-state index in [1.165, 1.54) is 0 Å². The van der Waals surface area contributed by atoms with Gasteiger partial charge in [-0.15, -0.1) is 0 Å². The molecule has 3 nitrogen and oxygen atoms in total. The first-order chi connectivity index (χ1) is 6.31. The number of hydrogen-bond acceptors (Lipinski definition) is 3. The van der Waals surface area contributed by atoms with Gasteiger partial charge in [0.05, 0.1) is 12.2 Å². The van der Waals surface area contributed by atoms with Gasteiger partial charge in [-0.3, -0.25) is 0 Å². The summed E-state index contributed by atoms with van der Waals surface area (Å²) in [5, 5.41) is 0. The molecule has 0 atom stereocenters. The van der Waals surface area contributed by atoms with E-state index in [9.17, 15) is 0 Å². The lowest BCUT2D eigenvalue weighted by Crippen LogP contribution is -2.33. The summed E-state index contributed by atoms with van der Waals surface area (Å²) in [6.07, 6.45) is 0. The first kappa shape index (κ1) is 14.4. The summed E-state index contributed by atoms with van der Waals surface area (Å²) in [4.78, 5) is 2.32. The number of ether oxygens (including phenoxy) is 1. The normalized spacial score (nSPS) is 12.8. The Balaban J connectivity index is 3.40. The Bertz CT molecular complexity index is 146. The average Bonchev–Trinajstić information content (AvgIpc) is 1.98. The van der Waals surface area contributed by atoms with Crippen LogP contribution >= 0.6 is 0 Å². The zero-order valence-electron chi connectivity index (χ0n) is 10.6. The highest BCUT2D eigenvalue weighted by atomic mass is 27.1. The Kier molecular flexibility index (Phi) is 7.02. The molecule has 0 saturated heterocycles. The summed E-state index contributed by atoms with van der Waals surface area (Å²) in [5.74, 6) is 0. The Morgan fingerprint density at radius 2 is 1.64 bits per heavy atom. The molecule has 0 aliphatic carbocycles. The molecular formula is C10H25AlN2O. The largest absolute Gasteiger partial charge is 0.392 e. The Hall–Kier alpha value is 0.412. The third-order valence-corrected chi connectivity index (χ3v) is 2.38. The first-order valence-electron chi connectivity index (χ1n) is 5.28. The van der Waals surface area contributed by atoms with Crippen LogP contribution in [0.1, 0.15) is 20.8 Å². The predicted molar refractivity (Wildman–Crippen MR) is 64.4 cm³/mol. The number of rotatable bonds is 6. The Morgan fingerprint density at radius 3 is 2.07 bits per heavy atom. The quantitative estimate of drug-likeness (QED) is 0.590. The van der Waals surface area contributed by atoms with Crippen LogP contribution in [-0.4, -0.2) is 71.2 Å². The van der Waals surface area contributed by atoms with Crippen LogP contribution in [0.5, 0.6) is 0 Å². The highest BCUT2D eigenvalue weighted by molar-refractivity contribution is 6.04. The third-order valence-electron chi connectivity index (χ3n) is 1.94. The molecule has 0 N–H and O–H groups in total. The van der Waals surface area contributed by atoms with Crippen molar-refractivity contribution >= 4 is 16.5 Å². The molecule has 0 aliphatic rings. The molecule has 0 rings (SSSR count). The maximum absolute atomic E-state index is 5.66. The van der Waals surface area contributed by atoms with E-state index in [4.69, 9.17) is 4.74 Å². The van der Waals surface area contributed by atoms with E-state index in [1.807, 2.05) is 0 Å². The lowest BCUT2D eigenvalue weighted by Gasteiger charge is -2.23. The molecule has 84 valence electrons. The van der Waals surface area contributed by atoms with Gasteiger partial charge >= 0.3 is 16.5 Å². The van der Waals surface area contributed by atoms with Gasteiger partial charge in [-0.1, -0.05) is 0 Å². The van der Waals surface area contributed by atoms with Crippen LogP contribution in [0, 0.1) is 0 Å². The van der Waals surface area contributed by atoms with E-state index in [0.29, 0.717) is 0 Å². The van der Waals surface area contributed by atoms with Crippen LogP contribution in [0.3, 0.4) is 0 Å². The van der Waals surface area contributed by atoms with Crippen molar-refractivity contribution in [2.24, 2.45) is 0 Å². The van der Waals surface area contributed by atoms with Gasteiger partial charge in [-0.2, -0.15) is 0 Å². The fourth-order valence-corrected chi connectivity index (χ4v) is 1.19. The van der Waals surface area contributed by atoms with Crippen molar-refractivity contribution in [3.8, 4) is 0 Å². The molecular weight excluding hydrogens is 191 g/mol. The Labute approximate surface area is 97.0 Å². The van der Waals surface area contributed by atoms with Gasteiger partial charge < -0.3 is 13.5 Å². The van der Waals surface area contributed by atoms with Crippen LogP contribution in [0.25, 0.3) is 0 Å². The zero-order valence-corrected chi connectivity index (χ0v) is 12.6. The van der Waals surface area contributed by atoms with Gasteiger partial charge in [0.1, 0.15) is 0 Å². The molecule has 0 fully saturated rings. The fourth-order valence-electron chi connectivity index (χ4n) is 0.990. The minimum atomic E-state index is -0.00466. The van der Waals surface area contributed by atoms with Gasteiger partial charge in [0, 0.05) is 13.1 Å². The van der Waals surface area contributed by atoms with Crippen LogP contribution in [0.4, 0.5) is 0 Å². The molecule has 0 radical (unpaired) electrons. The van der Waals surface area contributed by atoms with Crippen molar-refractivity contribution in [1.29, 1.82) is 0 Å². The summed E-state index contributed by atoms with van der Waals surface area (Å²) >= 11 is 1.15. The van der Waals surface area contributed by atoms with Crippen molar-refractivity contribution in [2.45, 2.75) is 26.4 Å². The molecule has 0 heterocycles. The fraction of sp³-hybridized carbons (Fsp3) is 1.00. The number of nitrogens with zero attached hydrogens (tertiary/aromatic N) is 2. The standard InChI is InChI=1S/C10H23N2O.Al.2H/c1-10(2,3)13-9-8-12(5)7-6-11-4;;;/h6-9H2,1-5H3;;;/q-1;+1;;. The summed E-state index contributed by atoms with van der Waals surface area (Å²) in [6.45, 7) is 10.4. The van der Waals surface area contributed by atoms with Crippen molar-refractivity contribution in [3.63, 3.8) is 0 Å². The molecule has 0 amide bonds. The second-order valence-electron chi connectivity index (χ2n) is 5.07. The topological polar surface area (TPSA) is 15.7 Å². The Morgan fingerprint density at radius 1 is 1.07 bits per heavy atom. The van der Waals surface area contributed by atoms with Crippen LogP contribution < -0.4 is 0 Å². The van der Waals surface area contributed by atoms with Crippen molar-refractivity contribution in [3.05, 3.63) is 0 Å². The van der Waals surface area contributed by atoms with Gasteiger partial charge in [0.15, 0.2) is 0 Å². The van der Waals surface area contributed by atoms with E-state index in [2.05, 4.69) is 43.6 Å². The summed E-state index contributed by atoms with van der Waals surface area (Å²) < 4.78 is 7.99. The highest BCUT2D eigenvalue weighted by Gasteiger charge is 2.09. The van der Waals surface area contributed by atoms with Crippen molar-refractivity contribution < 1.29 is 4.74 Å². The lowest BCUT2D eigenvalue weighted by atomic mass is 10.2. The van der Waals surface area contributed by atoms with Gasteiger partial charge in [-0.25, -0.2) is 0 Å². The van der Waals surface area contributed by atoms with Crippen LogP contribution in [0.2, 0.25) is 0 Å². The van der Waals surface area contributed by atoms with E-state index in [-0.39, 0.29) is 5.60 Å². The molecule has 0 aromatic rings. The third kappa shape index (κ3) is 10.5. The van der Waals surface area contributed by atoms with E-state index in [1.54, 1.807) is 0 Å². The molecule has 0 aliphatic heterocycles. The molecule has 0 aromatic heterocycles. The minimum absolute atomic E-state index is 0.00466. The maximum Gasteiger partial charge on any atom is 0.321 e. The number of hydrogen-bond donors (Lipinski definition) is 0. The van der Waals surface area contributed by atoms with Gasteiger partial charge in [-0.05, 0) is 41.4 Å². The van der Waals surface area contributed by atoms with E-state index >= 15 is 0 Å². The summed E-state index contributed by atoms with van der Waals surface area (Å²) in [7, 11) is 4.31.